The number of carbonyl (C=O) groups excluding carboxylic acids is 2. The molecule has 3 aliphatic rings. The first-order valence-corrected chi connectivity index (χ1v) is 10.8. The van der Waals surface area contributed by atoms with E-state index >= 15 is 0 Å². The maximum absolute atomic E-state index is 13.0. The predicted octanol–water partition coefficient (Wildman–Crippen LogP) is 1.99. The van der Waals surface area contributed by atoms with Crippen molar-refractivity contribution in [3.8, 4) is 0 Å². The number of hydrogen-bond donors (Lipinski definition) is 1. The minimum Gasteiger partial charge on any atom is -0.379 e. The third-order valence-corrected chi connectivity index (χ3v) is 6.12. The number of carbonyl (C=O) groups is 2. The van der Waals surface area contributed by atoms with Gasteiger partial charge in [-0.25, -0.2) is 0 Å². The average Bonchev–Trinajstić information content (AvgIpc) is 3.30. The van der Waals surface area contributed by atoms with Gasteiger partial charge in [-0.15, -0.1) is 0 Å². The van der Waals surface area contributed by atoms with Crippen LogP contribution in [0.3, 0.4) is 0 Å². The minimum absolute atomic E-state index is 0.0445. The minimum atomic E-state index is -0.375. The molecule has 0 aliphatic carbocycles. The fourth-order valence-corrected chi connectivity index (χ4v) is 4.39. The third kappa shape index (κ3) is 5.35. The summed E-state index contributed by atoms with van der Waals surface area (Å²) in [5, 5.41) is 2.88. The van der Waals surface area contributed by atoms with Gasteiger partial charge in [-0.1, -0.05) is 6.07 Å². The second-order valence-corrected chi connectivity index (χ2v) is 8.22. The van der Waals surface area contributed by atoms with E-state index in [4.69, 9.17) is 9.47 Å². The Morgan fingerprint density at radius 3 is 2.55 bits per heavy atom. The van der Waals surface area contributed by atoms with E-state index in [1.54, 1.807) is 6.07 Å². The summed E-state index contributed by atoms with van der Waals surface area (Å²) in [6, 6.07) is 7.24. The van der Waals surface area contributed by atoms with Gasteiger partial charge in [0.05, 0.1) is 13.2 Å². The van der Waals surface area contributed by atoms with Crippen LogP contribution in [-0.2, 0) is 14.3 Å². The molecule has 3 heterocycles. The lowest BCUT2D eigenvalue weighted by atomic mass is 9.95. The number of nitrogens with zero attached hydrogens (tertiary/aromatic N) is 2. The van der Waals surface area contributed by atoms with Crippen LogP contribution in [0.1, 0.15) is 36.0 Å². The number of rotatable bonds is 5. The molecule has 1 N–H and O–H groups in total. The molecule has 7 heteroatoms. The maximum atomic E-state index is 13.0. The lowest BCUT2D eigenvalue weighted by Crippen LogP contribution is -2.44. The number of anilines is 1. The van der Waals surface area contributed by atoms with Crippen LogP contribution in [0.15, 0.2) is 24.3 Å². The Bertz CT molecular complexity index is 706. The standard InChI is InChI=1S/C22H31N3O4/c26-21(20-5-2-12-29-20)23-19-4-1-3-18(15-19)22(27)25-8-6-17(7-9-25)16-24-10-13-28-14-11-24/h1,3-4,15,17,20H,2,5-14,16H2,(H,23,26)/t20-/m1/s1. The molecule has 1 atom stereocenters. The van der Waals surface area contributed by atoms with Crippen LogP contribution in [0.25, 0.3) is 0 Å². The second kappa shape index (κ2) is 9.69. The topological polar surface area (TPSA) is 71.1 Å². The summed E-state index contributed by atoms with van der Waals surface area (Å²) < 4.78 is 10.8. The van der Waals surface area contributed by atoms with Crippen LogP contribution in [0.2, 0.25) is 0 Å². The van der Waals surface area contributed by atoms with Gasteiger partial charge >= 0.3 is 0 Å². The Kier molecular flexibility index (Phi) is 6.79. The normalized spacial score (nSPS) is 23.9. The first kappa shape index (κ1) is 20.3. The van der Waals surface area contributed by atoms with Gasteiger partial charge in [0.1, 0.15) is 6.10 Å². The molecule has 0 saturated carbocycles. The van der Waals surface area contributed by atoms with Crippen molar-refractivity contribution in [1.29, 1.82) is 0 Å². The molecule has 1 aromatic carbocycles. The summed E-state index contributed by atoms with van der Waals surface area (Å²) in [4.78, 5) is 29.6. The fraction of sp³-hybridized carbons (Fsp3) is 0.636. The Morgan fingerprint density at radius 2 is 1.83 bits per heavy atom. The Hall–Kier alpha value is -1.96. The quantitative estimate of drug-likeness (QED) is 0.817. The molecule has 0 bridgehead atoms. The SMILES string of the molecule is O=C(Nc1cccc(C(=O)N2CCC(CN3CCOCC3)CC2)c1)[C@H]1CCCO1. The van der Waals surface area contributed by atoms with E-state index in [0.29, 0.717) is 23.8 Å². The number of piperidine rings is 1. The predicted molar refractivity (Wildman–Crippen MR) is 110 cm³/mol. The van der Waals surface area contributed by atoms with Crippen molar-refractivity contribution < 1.29 is 19.1 Å². The Morgan fingerprint density at radius 1 is 1.03 bits per heavy atom. The van der Waals surface area contributed by atoms with Crippen molar-refractivity contribution in [3.63, 3.8) is 0 Å². The van der Waals surface area contributed by atoms with Crippen molar-refractivity contribution in [2.75, 3.05) is 57.9 Å². The zero-order valence-electron chi connectivity index (χ0n) is 17.0. The third-order valence-electron chi connectivity index (χ3n) is 6.12. The van der Waals surface area contributed by atoms with Gasteiger partial charge in [0.15, 0.2) is 0 Å². The molecule has 0 spiro atoms. The smallest absolute Gasteiger partial charge is 0.253 e. The summed E-state index contributed by atoms with van der Waals surface area (Å²) in [6.07, 6.45) is 3.37. The molecule has 1 aromatic rings. The van der Waals surface area contributed by atoms with Crippen molar-refractivity contribution in [1.82, 2.24) is 9.80 Å². The molecule has 0 radical (unpaired) electrons. The number of morpholine rings is 1. The number of hydrogen-bond acceptors (Lipinski definition) is 5. The zero-order valence-corrected chi connectivity index (χ0v) is 17.0. The van der Waals surface area contributed by atoms with Gasteiger partial charge in [0.2, 0.25) is 0 Å². The highest BCUT2D eigenvalue weighted by atomic mass is 16.5. The van der Waals surface area contributed by atoms with Crippen molar-refractivity contribution in [2.24, 2.45) is 5.92 Å². The zero-order chi connectivity index (χ0) is 20.1. The molecule has 29 heavy (non-hydrogen) atoms. The molecule has 0 unspecified atom stereocenters. The van der Waals surface area contributed by atoms with E-state index in [0.717, 1.165) is 71.6 Å². The number of amides is 2. The van der Waals surface area contributed by atoms with Crippen LogP contribution >= 0.6 is 0 Å². The lowest BCUT2D eigenvalue weighted by Gasteiger charge is -2.36. The number of nitrogens with one attached hydrogen (secondary N) is 1. The van der Waals surface area contributed by atoms with Gasteiger partial charge in [-0.05, 0) is 49.8 Å². The maximum Gasteiger partial charge on any atom is 0.253 e. The molecule has 0 aromatic heterocycles. The first-order valence-electron chi connectivity index (χ1n) is 10.8. The second-order valence-electron chi connectivity index (χ2n) is 8.22. The summed E-state index contributed by atoms with van der Waals surface area (Å²) >= 11 is 0. The van der Waals surface area contributed by atoms with Gasteiger partial charge < -0.3 is 19.7 Å². The number of likely N-dealkylation sites (tertiary alicyclic amines) is 1. The molecule has 2 amide bonds. The Labute approximate surface area is 172 Å². The van der Waals surface area contributed by atoms with Crippen LogP contribution < -0.4 is 5.32 Å². The van der Waals surface area contributed by atoms with Gasteiger partial charge in [0, 0.05) is 50.6 Å². The average molecular weight is 402 g/mol. The molecule has 3 fully saturated rings. The van der Waals surface area contributed by atoms with Crippen molar-refractivity contribution in [2.45, 2.75) is 31.8 Å². The molecular formula is C22H31N3O4. The summed E-state index contributed by atoms with van der Waals surface area (Å²) in [5.74, 6) is 0.563. The van der Waals surface area contributed by atoms with E-state index in [1.165, 1.54) is 0 Å². The summed E-state index contributed by atoms with van der Waals surface area (Å²) in [7, 11) is 0. The number of ether oxygens (including phenoxy) is 2. The van der Waals surface area contributed by atoms with Gasteiger partial charge in [-0.2, -0.15) is 0 Å². The summed E-state index contributed by atoms with van der Waals surface area (Å²) in [5.41, 5.74) is 1.28. The van der Waals surface area contributed by atoms with Crippen LogP contribution in [-0.4, -0.2) is 80.3 Å². The van der Waals surface area contributed by atoms with Gasteiger partial charge in [-0.3, -0.25) is 14.5 Å². The molecule has 3 aliphatic heterocycles. The lowest BCUT2D eigenvalue weighted by molar-refractivity contribution is -0.124. The highest BCUT2D eigenvalue weighted by Crippen LogP contribution is 2.22. The van der Waals surface area contributed by atoms with E-state index in [9.17, 15) is 9.59 Å². The fourth-order valence-electron chi connectivity index (χ4n) is 4.39. The highest BCUT2D eigenvalue weighted by Gasteiger charge is 2.26. The number of benzene rings is 1. The molecule has 158 valence electrons. The monoisotopic (exact) mass is 401 g/mol. The van der Waals surface area contributed by atoms with E-state index in [2.05, 4.69) is 10.2 Å². The Balaban J connectivity index is 1.28. The van der Waals surface area contributed by atoms with Crippen molar-refractivity contribution in [3.05, 3.63) is 29.8 Å². The van der Waals surface area contributed by atoms with Crippen molar-refractivity contribution >= 4 is 17.5 Å². The molecular weight excluding hydrogens is 370 g/mol. The summed E-state index contributed by atoms with van der Waals surface area (Å²) in [6.45, 7) is 7.02. The van der Waals surface area contributed by atoms with E-state index < -0.39 is 0 Å². The molecule has 3 saturated heterocycles. The highest BCUT2D eigenvalue weighted by molar-refractivity contribution is 5.98. The van der Waals surface area contributed by atoms with Crippen LogP contribution in [0.5, 0.6) is 0 Å². The van der Waals surface area contributed by atoms with Crippen LogP contribution in [0.4, 0.5) is 5.69 Å². The van der Waals surface area contributed by atoms with E-state index in [1.807, 2.05) is 23.1 Å². The molecule has 4 rings (SSSR count). The van der Waals surface area contributed by atoms with Crippen LogP contribution in [0, 0.1) is 5.92 Å². The largest absolute Gasteiger partial charge is 0.379 e. The molecule has 7 nitrogen and oxygen atoms in total. The van der Waals surface area contributed by atoms with E-state index in [-0.39, 0.29) is 17.9 Å². The first-order chi connectivity index (χ1) is 14.2. The van der Waals surface area contributed by atoms with Gasteiger partial charge in [0.25, 0.3) is 11.8 Å².